The van der Waals surface area contributed by atoms with Gasteiger partial charge in [-0.2, -0.15) is 13.1 Å². The molecule has 1 fully saturated rings. The molecule has 8 heteroatoms. The van der Waals surface area contributed by atoms with Crippen LogP contribution in [0, 0.1) is 5.41 Å². The van der Waals surface area contributed by atoms with E-state index in [1.807, 2.05) is 0 Å². The first-order valence-electron chi connectivity index (χ1n) is 5.34. The van der Waals surface area contributed by atoms with Gasteiger partial charge in [0.1, 0.15) is 0 Å². The number of methoxy groups -OCH3 is 1. The normalized spacial score (nSPS) is 18.9. The lowest BCUT2D eigenvalue weighted by Crippen LogP contribution is -2.45. The average molecular weight is 329 g/mol. The van der Waals surface area contributed by atoms with Crippen molar-refractivity contribution in [2.75, 3.05) is 19.0 Å². The number of hydrogen-bond donors (Lipinski definition) is 2. The molecule has 0 bridgehead atoms. The molecular formula is C9H17BrN2O4S. The summed E-state index contributed by atoms with van der Waals surface area (Å²) in [6.07, 6.45) is 3.20. The summed E-state index contributed by atoms with van der Waals surface area (Å²) in [6.45, 7) is 0.324. The largest absolute Gasteiger partial charge is 0.452 e. The number of halogens is 1. The van der Waals surface area contributed by atoms with Crippen molar-refractivity contribution in [3.05, 3.63) is 0 Å². The lowest BCUT2D eigenvalue weighted by atomic mass is 9.89. The summed E-state index contributed by atoms with van der Waals surface area (Å²) in [7, 11) is -2.71. The Hall–Kier alpha value is -0.340. The van der Waals surface area contributed by atoms with Crippen molar-refractivity contribution < 1.29 is 17.9 Å². The molecular weight excluding hydrogens is 312 g/mol. The zero-order valence-electron chi connectivity index (χ0n) is 9.66. The quantitative estimate of drug-likeness (QED) is 0.741. The lowest BCUT2D eigenvalue weighted by Gasteiger charge is -2.26. The minimum Gasteiger partial charge on any atom is -0.452 e. The van der Waals surface area contributed by atoms with Crippen LogP contribution in [-0.4, -0.2) is 33.5 Å². The molecule has 6 nitrogen and oxygen atoms in total. The van der Waals surface area contributed by atoms with Gasteiger partial charge < -0.3 is 4.74 Å². The monoisotopic (exact) mass is 328 g/mol. The van der Waals surface area contributed by atoms with E-state index in [0.717, 1.165) is 38.1 Å². The van der Waals surface area contributed by atoms with E-state index >= 15 is 0 Å². The second-order valence-corrected chi connectivity index (χ2v) is 6.32. The Morgan fingerprint density at radius 2 is 2.00 bits per heavy atom. The van der Waals surface area contributed by atoms with Crippen LogP contribution in [0.1, 0.15) is 25.7 Å². The van der Waals surface area contributed by atoms with Crippen molar-refractivity contribution in [3.8, 4) is 0 Å². The summed E-state index contributed by atoms with van der Waals surface area (Å²) < 4.78 is 31.3. The van der Waals surface area contributed by atoms with Crippen LogP contribution in [0.25, 0.3) is 0 Å². The fourth-order valence-corrected chi connectivity index (χ4v) is 3.55. The Labute approximate surface area is 110 Å². The second-order valence-electron chi connectivity index (χ2n) is 4.26. The molecule has 1 aliphatic carbocycles. The van der Waals surface area contributed by atoms with Crippen LogP contribution in [0.3, 0.4) is 0 Å². The molecule has 0 aromatic carbocycles. The van der Waals surface area contributed by atoms with Crippen molar-refractivity contribution in [1.82, 2.24) is 9.44 Å². The molecule has 17 heavy (non-hydrogen) atoms. The zero-order chi connectivity index (χ0) is 12.9. The average Bonchev–Trinajstić information content (AvgIpc) is 2.75. The van der Waals surface area contributed by atoms with Crippen LogP contribution >= 0.6 is 15.9 Å². The van der Waals surface area contributed by atoms with E-state index in [2.05, 4.69) is 25.4 Å². The molecule has 0 aromatic heterocycles. The van der Waals surface area contributed by atoms with E-state index in [0.29, 0.717) is 6.54 Å². The molecule has 0 unspecified atom stereocenters. The fraction of sp³-hybridized carbons (Fsp3) is 0.889. The van der Waals surface area contributed by atoms with E-state index in [9.17, 15) is 13.2 Å². The number of rotatable bonds is 5. The van der Waals surface area contributed by atoms with Gasteiger partial charge in [-0.05, 0) is 18.3 Å². The Morgan fingerprint density at radius 1 is 1.41 bits per heavy atom. The summed E-state index contributed by atoms with van der Waals surface area (Å²) >= 11 is 3.42. The summed E-state index contributed by atoms with van der Waals surface area (Å²) in [5.41, 5.74) is -0.0368. The maximum Gasteiger partial charge on any atom is 0.421 e. The van der Waals surface area contributed by atoms with Crippen LogP contribution < -0.4 is 9.44 Å². The third-order valence-corrected chi connectivity index (χ3v) is 5.14. The molecule has 0 aromatic rings. The van der Waals surface area contributed by atoms with Crippen LogP contribution in [0.2, 0.25) is 0 Å². The molecule has 1 saturated carbocycles. The maximum atomic E-state index is 11.5. The van der Waals surface area contributed by atoms with Gasteiger partial charge in [-0.25, -0.2) is 9.52 Å². The number of carbonyl (C=O) groups is 1. The van der Waals surface area contributed by atoms with Crippen LogP contribution in [-0.2, 0) is 14.9 Å². The first kappa shape index (κ1) is 14.7. The maximum absolute atomic E-state index is 11.5. The number of hydrogen-bond acceptors (Lipinski definition) is 4. The Balaban J connectivity index is 2.51. The topological polar surface area (TPSA) is 84.5 Å². The molecule has 0 saturated heterocycles. The van der Waals surface area contributed by atoms with Gasteiger partial charge in [0.2, 0.25) is 0 Å². The summed E-state index contributed by atoms with van der Waals surface area (Å²) in [5.74, 6) is 0. The zero-order valence-corrected chi connectivity index (χ0v) is 12.1. The van der Waals surface area contributed by atoms with Crippen LogP contribution in [0.5, 0.6) is 0 Å². The van der Waals surface area contributed by atoms with Gasteiger partial charge in [0.05, 0.1) is 7.11 Å². The minimum absolute atomic E-state index is 0.0368. The number of nitrogens with one attached hydrogen (secondary N) is 2. The van der Waals surface area contributed by atoms with E-state index in [4.69, 9.17) is 0 Å². The van der Waals surface area contributed by atoms with Gasteiger partial charge in [-0.1, -0.05) is 28.8 Å². The van der Waals surface area contributed by atoms with Gasteiger partial charge in [-0.15, -0.1) is 0 Å². The van der Waals surface area contributed by atoms with Crippen molar-refractivity contribution in [3.63, 3.8) is 0 Å². The predicted molar refractivity (Wildman–Crippen MR) is 67.2 cm³/mol. The molecule has 0 atom stereocenters. The smallest absolute Gasteiger partial charge is 0.421 e. The number of ether oxygens (including phenoxy) is 1. The standard InChI is InChI=1S/C9H17BrN2O4S/c1-16-8(13)12-17(14,15)11-7-9(6-10)4-2-3-5-9/h11H,2-7H2,1H3,(H,12,13). The third-order valence-electron chi connectivity index (χ3n) is 2.99. The third kappa shape index (κ3) is 4.44. The van der Waals surface area contributed by atoms with Gasteiger partial charge in [0, 0.05) is 11.9 Å². The molecule has 1 aliphatic rings. The van der Waals surface area contributed by atoms with Crippen LogP contribution in [0.15, 0.2) is 0 Å². The first-order chi connectivity index (χ1) is 7.93. The van der Waals surface area contributed by atoms with E-state index < -0.39 is 16.3 Å². The van der Waals surface area contributed by atoms with Gasteiger partial charge in [0.15, 0.2) is 0 Å². The highest BCUT2D eigenvalue weighted by Crippen LogP contribution is 2.38. The molecule has 0 aliphatic heterocycles. The highest BCUT2D eigenvalue weighted by atomic mass is 79.9. The van der Waals surface area contributed by atoms with Gasteiger partial charge in [-0.3, -0.25) is 0 Å². The van der Waals surface area contributed by atoms with Crippen LogP contribution in [0.4, 0.5) is 4.79 Å². The van der Waals surface area contributed by atoms with E-state index in [-0.39, 0.29) is 5.41 Å². The first-order valence-corrected chi connectivity index (χ1v) is 7.95. The van der Waals surface area contributed by atoms with Crippen molar-refractivity contribution in [2.24, 2.45) is 5.41 Å². The fourth-order valence-electron chi connectivity index (χ4n) is 1.92. The Bertz CT molecular complexity index is 365. The highest BCUT2D eigenvalue weighted by Gasteiger charge is 2.34. The van der Waals surface area contributed by atoms with Crippen molar-refractivity contribution in [2.45, 2.75) is 25.7 Å². The molecule has 0 radical (unpaired) electrons. The molecule has 1 rings (SSSR count). The van der Waals surface area contributed by atoms with Gasteiger partial charge >= 0.3 is 16.3 Å². The van der Waals surface area contributed by atoms with E-state index in [1.54, 1.807) is 4.72 Å². The molecule has 1 amide bonds. The van der Waals surface area contributed by atoms with Crippen molar-refractivity contribution in [1.29, 1.82) is 0 Å². The molecule has 100 valence electrons. The SMILES string of the molecule is COC(=O)NS(=O)(=O)NCC1(CBr)CCCC1. The van der Waals surface area contributed by atoms with Gasteiger partial charge in [0.25, 0.3) is 0 Å². The second kappa shape index (κ2) is 6.01. The number of carbonyl (C=O) groups excluding carboxylic acids is 1. The predicted octanol–water partition coefficient (Wildman–Crippen LogP) is 1.13. The number of amides is 1. The van der Waals surface area contributed by atoms with E-state index in [1.165, 1.54) is 0 Å². The molecule has 0 heterocycles. The summed E-state index contributed by atoms with van der Waals surface area (Å²) in [4.78, 5) is 10.8. The Kier molecular flexibility index (Phi) is 5.21. The summed E-state index contributed by atoms with van der Waals surface area (Å²) in [5, 5.41) is 0.751. The van der Waals surface area contributed by atoms with Crippen molar-refractivity contribution >= 4 is 32.2 Å². The summed E-state index contributed by atoms with van der Waals surface area (Å²) in [6, 6.07) is 0. The number of alkyl halides is 1. The molecule has 0 spiro atoms. The minimum atomic E-state index is -3.82. The molecule has 2 N–H and O–H groups in total. The Morgan fingerprint density at radius 3 is 2.47 bits per heavy atom. The lowest BCUT2D eigenvalue weighted by molar-refractivity contribution is 0.177. The highest BCUT2D eigenvalue weighted by molar-refractivity contribution is 9.09.